The van der Waals surface area contributed by atoms with Crippen LogP contribution in [0.5, 0.6) is 0 Å². The minimum Gasteiger partial charge on any atom is -0.273 e. The fourth-order valence-corrected chi connectivity index (χ4v) is 3.56. The quantitative estimate of drug-likeness (QED) is 0.500. The molecule has 6 heteroatoms. The third-order valence-electron chi connectivity index (χ3n) is 3.45. The number of carbonyl (C=O) groups excluding carboxylic acids is 1. The van der Waals surface area contributed by atoms with Crippen molar-refractivity contribution >= 4 is 55.6 Å². The van der Waals surface area contributed by atoms with Crippen molar-refractivity contribution in [1.82, 2.24) is 4.98 Å². The normalized spacial score (nSPS) is 10.6. The number of alkyl halides is 1. The number of aryl methyl sites for hydroxylation is 1. The molecule has 0 saturated carbocycles. The van der Waals surface area contributed by atoms with Crippen molar-refractivity contribution in [2.24, 2.45) is 0 Å². The summed E-state index contributed by atoms with van der Waals surface area (Å²) >= 11 is 10.7. The number of aromatic nitrogens is 1. The predicted molar refractivity (Wildman–Crippen MR) is 104 cm³/mol. The number of thiazole rings is 1. The highest BCUT2D eigenvalue weighted by Gasteiger charge is 2.21. The molecule has 0 fully saturated rings. The van der Waals surface area contributed by atoms with Crippen molar-refractivity contribution in [3.05, 3.63) is 63.9 Å². The van der Waals surface area contributed by atoms with Crippen molar-refractivity contribution in [3.8, 4) is 11.3 Å². The summed E-state index contributed by atoms with van der Waals surface area (Å²) in [6.45, 7) is 1.99. The molecular formula is C18H14BrClN2OS. The summed E-state index contributed by atoms with van der Waals surface area (Å²) in [5, 5.41) is 2.56. The average molecular weight is 422 g/mol. The van der Waals surface area contributed by atoms with Crippen LogP contribution in [0.15, 0.2) is 58.4 Å². The lowest BCUT2D eigenvalue weighted by Gasteiger charge is -2.19. The summed E-state index contributed by atoms with van der Waals surface area (Å²) in [6, 6.07) is 15.7. The molecule has 0 aliphatic heterocycles. The lowest BCUT2D eigenvalue weighted by Crippen LogP contribution is -2.26. The number of halogens is 2. The third-order valence-corrected chi connectivity index (χ3v) is 5.03. The molecule has 24 heavy (non-hydrogen) atoms. The molecule has 0 unspecified atom stereocenters. The maximum atomic E-state index is 12.4. The highest BCUT2D eigenvalue weighted by Crippen LogP contribution is 2.33. The molecule has 122 valence electrons. The molecule has 2 aromatic carbocycles. The summed E-state index contributed by atoms with van der Waals surface area (Å²) < 4.78 is 1.01. The van der Waals surface area contributed by atoms with Crippen LogP contribution in [0.3, 0.4) is 0 Å². The zero-order chi connectivity index (χ0) is 17.1. The molecule has 0 spiro atoms. The number of hydrogen-bond donors (Lipinski definition) is 0. The summed E-state index contributed by atoms with van der Waals surface area (Å²) in [7, 11) is 0. The second kappa shape index (κ2) is 7.47. The van der Waals surface area contributed by atoms with Crippen molar-refractivity contribution in [2.75, 3.05) is 10.8 Å². The largest absolute Gasteiger partial charge is 0.273 e. The van der Waals surface area contributed by atoms with Crippen molar-refractivity contribution in [3.63, 3.8) is 0 Å². The molecule has 3 rings (SSSR count). The molecular weight excluding hydrogens is 408 g/mol. The van der Waals surface area contributed by atoms with Crippen LogP contribution in [0.2, 0.25) is 0 Å². The van der Waals surface area contributed by atoms with Crippen molar-refractivity contribution < 1.29 is 4.79 Å². The molecule has 1 aromatic heterocycles. The van der Waals surface area contributed by atoms with Crippen LogP contribution in [0, 0.1) is 6.92 Å². The minimum absolute atomic E-state index is 0.0961. The minimum atomic E-state index is -0.195. The Hall–Kier alpha value is -1.69. The Morgan fingerprint density at radius 1 is 1.25 bits per heavy atom. The van der Waals surface area contributed by atoms with Gasteiger partial charge in [-0.3, -0.25) is 9.69 Å². The molecule has 0 radical (unpaired) electrons. The van der Waals surface area contributed by atoms with Gasteiger partial charge in [0, 0.05) is 15.4 Å². The molecule has 1 amide bonds. The Balaban J connectivity index is 2.00. The summed E-state index contributed by atoms with van der Waals surface area (Å²) in [5.74, 6) is -0.291. The van der Waals surface area contributed by atoms with E-state index in [4.69, 9.17) is 11.6 Å². The van der Waals surface area contributed by atoms with Crippen LogP contribution < -0.4 is 4.90 Å². The van der Waals surface area contributed by atoms with Crippen LogP contribution in [-0.4, -0.2) is 16.8 Å². The first-order valence-electron chi connectivity index (χ1n) is 7.25. The van der Waals surface area contributed by atoms with Crippen LogP contribution in [0.25, 0.3) is 11.3 Å². The molecule has 0 bridgehead atoms. The van der Waals surface area contributed by atoms with Gasteiger partial charge in [-0.15, -0.1) is 22.9 Å². The van der Waals surface area contributed by atoms with E-state index in [0.717, 1.165) is 27.0 Å². The predicted octanol–water partition coefficient (Wildman–Crippen LogP) is 5.78. The third kappa shape index (κ3) is 3.69. The van der Waals surface area contributed by atoms with Gasteiger partial charge in [-0.05, 0) is 36.8 Å². The number of nitrogens with zero attached hydrogens (tertiary/aromatic N) is 2. The zero-order valence-corrected chi connectivity index (χ0v) is 16.0. The van der Waals surface area contributed by atoms with Gasteiger partial charge in [0.1, 0.15) is 5.88 Å². The second-order valence-electron chi connectivity index (χ2n) is 5.22. The molecule has 0 atom stereocenters. The van der Waals surface area contributed by atoms with E-state index >= 15 is 0 Å². The van der Waals surface area contributed by atoms with E-state index in [0.29, 0.717) is 5.13 Å². The highest BCUT2D eigenvalue weighted by molar-refractivity contribution is 9.10. The maximum Gasteiger partial charge on any atom is 0.248 e. The van der Waals surface area contributed by atoms with Crippen molar-refractivity contribution in [1.29, 1.82) is 0 Å². The number of benzene rings is 2. The molecule has 0 saturated heterocycles. The van der Waals surface area contributed by atoms with Gasteiger partial charge in [0.2, 0.25) is 5.91 Å². The first kappa shape index (κ1) is 17.1. The summed E-state index contributed by atoms with van der Waals surface area (Å²) in [5.41, 5.74) is 3.69. The van der Waals surface area contributed by atoms with Gasteiger partial charge in [-0.2, -0.15) is 0 Å². The van der Waals surface area contributed by atoms with E-state index in [1.165, 1.54) is 11.3 Å². The number of carbonyl (C=O) groups is 1. The monoisotopic (exact) mass is 420 g/mol. The lowest BCUT2D eigenvalue weighted by molar-refractivity contribution is -0.115. The fraction of sp³-hybridized carbons (Fsp3) is 0.111. The highest BCUT2D eigenvalue weighted by atomic mass is 79.9. The first-order valence-corrected chi connectivity index (χ1v) is 9.46. The molecule has 3 nitrogen and oxygen atoms in total. The molecule has 0 N–H and O–H groups in total. The van der Waals surface area contributed by atoms with Crippen LogP contribution in [0.1, 0.15) is 5.56 Å². The molecule has 0 aliphatic rings. The van der Waals surface area contributed by atoms with E-state index in [-0.39, 0.29) is 11.8 Å². The summed E-state index contributed by atoms with van der Waals surface area (Å²) in [4.78, 5) is 18.6. The average Bonchev–Trinajstić information content (AvgIpc) is 3.05. The van der Waals surface area contributed by atoms with Gasteiger partial charge in [0.25, 0.3) is 0 Å². The van der Waals surface area contributed by atoms with Crippen LogP contribution in [-0.2, 0) is 4.79 Å². The lowest BCUT2D eigenvalue weighted by atomic mass is 10.2. The topological polar surface area (TPSA) is 33.2 Å². The van der Waals surface area contributed by atoms with E-state index in [1.54, 1.807) is 4.90 Å². The van der Waals surface area contributed by atoms with Crippen molar-refractivity contribution in [2.45, 2.75) is 6.92 Å². The number of amides is 1. The van der Waals surface area contributed by atoms with E-state index in [1.807, 2.05) is 60.8 Å². The Bertz CT molecular complexity index is 863. The van der Waals surface area contributed by atoms with E-state index < -0.39 is 0 Å². The van der Waals surface area contributed by atoms with Gasteiger partial charge < -0.3 is 0 Å². The van der Waals surface area contributed by atoms with E-state index in [9.17, 15) is 4.79 Å². The number of hydrogen-bond acceptors (Lipinski definition) is 3. The summed E-state index contributed by atoms with van der Waals surface area (Å²) in [6.07, 6.45) is 0. The maximum absolute atomic E-state index is 12.4. The van der Waals surface area contributed by atoms with Gasteiger partial charge in [0.15, 0.2) is 5.13 Å². The Morgan fingerprint density at radius 2 is 2.00 bits per heavy atom. The fourth-order valence-electron chi connectivity index (χ4n) is 2.31. The molecule has 3 aromatic rings. The van der Waals surface area contributed by atoms with Gasteiger partial charge >= 0.3 is 0 Å². The first-order chi connectivity index (χ1) is 11.6. The van der Waals surface area contributed by atoms with Gasteiger partial charge in [-0.1, -0.05) is 40.2 Å². The number of rotatable bonds is 4. The number of anilines is 2. The second-order valence-corrected chi connectivity index (χ2v) is 7.24. The standard InChI is InChI=1S/C18H14BrClN2OS/c1-12-3-2-4-15(9-12)22(17(23)10-20)18-21-16(11-24-18)13-5-7-14(19)8-6-13/h2-9,11H,10H2,1H3. The zero-order valence-electron chi connectivity index (χ0n) is 12.9. The van der Waals surface area contributed by atoms with Crippen LogP contribution in [0.4, 0.5) is 10.8 Å². The molecule has 1 heterocycles. The Morgan fingerprint density at radius 3 is 2.67 bits per heavy atom. The van der Waals surface area contributed by atoms with Crippen LogP contribution >= 0.6 is 38.9 Å². The smallest absolute Gasteiger partial charge is 0.248 e. The Labute approximate surface area is 158 Å². The Kier molecular flexibility index (Phi) is 5.33. The van der Waals surface area contributed by atoms with E-state index in [2.05, 4.69) is 20.9 Å². The van der Waals surface area contributed by atoms with Gasteiger partial charge in [-0.25, -0.2) is 4.98 Å². The van der Waals surface area contributed by atoms with Gasteiger partial charge in [0.05, 0.1) is 11.4 Å². The SMILES string of the molecule is Cc1cccc(N(C(=O)CCl)c2nc(-c3ccc(Br)cc3)cs2)c1. The molecule has 0 aliphatic carbocycles.